The molecule has 2 N–H and O–H groups in total. The van der Waals surface area contributed by atoms with E-state index < -0.39 is 0 Å². The van der Waals surface area contributed by atoms with Gasteiger partial charge in [0.15, 0.2) is 0 Å². The van der Waals surface area contributed by atoms with Crippen molar-refractivity contribution in [2.45, 2.75) is 45.8 Å². The lowest BCUT2D eigenvalue weighted by atomic mass is 9.99. The molecule has 2 rings (SSSR count). The van der Waals surface area contributed by atoms with Gasteiger partial charge in [-0.15, -0.1) is 0 Å². The predicted molar refractivity (Wildman–Crippen MR) is 83.7 cm³/mol. The molecule has 0 spiro atoms. The highest BCUT2D eigenvalue weighted by atomic mass is 16.3. The first kappa shape index (κ1) is 15.5. The average molecular weight is 276 g/mol. The molecule has 3 nitrogen and oxygen atoms in total. The Morgan fingerprint density at radius 2 is 2.00 bits per heavy atom. The van der Waals surface area contributed by atoms with Crippen LogP contribution in [0.15, 0.2) is 24.3 Å². The van der Waals surface area contributed by atoms with Crippen LogP contribution in [0.1, 0.15) is 31.4 Å². The van der Waals surface area contributed by atoms with Crippen LogP contribution in [-0.2, 0) is 6.54 Å². The Hall–Kier alpha value is -0.900. The van der Waals surface area contributed by atoms with Gasteiger partial charge in [-0.1, -0.05) is 43.7 Å². The normalized spacial score (nSPS) is 24.2. The third kappa shape index (κ3) is 4.30. The number of piperazine rings is 1. The molecule has 0 aliphatic carbocycles. The third-order valence-electron chi connectivity index (χ3n) is 4.09. The number of aryl methyl sites for hydroxylation is 1. The average Bonchev–Trinajstić information content (AvgIpc) is 2.41. The molecule has 0 bridgehead atoms. The maximum absolute atomic E-state index is 9.57. The fourth-order valence-electron chi connectivity index (χ4n) is 2.96. The molecule has 1 aliphatic rings. The summed E-state index contributed by atoms with van der Waals surface area (Å²) in [4.78, 5) is 2.42. The predicted octanol–water partition coefficient (Wildman–Crippen LogP) is 2.18. The monoisotopic (exact) mass is 276 g/mol. The van der Waals surface area contributed by atoms with Crippen LogP contribution in [0.25, 0.3) is 0 Å². The number of aliphatic hydroxyl groups is 1. The summed E-state index contributed by atoms with van der Waals surface area (Å²) in [6, 6.07) is 9.50. The fraction of sp³-hybridized carbons (Fsp3) is 0.647. The van der Waals surface area contributed by atoms with Gasteiger partial charge in [-0.2, -0.15) is 0 Å². The van der Waals surface area contributed by atoms with Gasteiger partial charge in [-0.3, -0.25) is 4.90 Å². The lowest BCUT2D eigenvalue weighted by molar-refractivity contribution is 0.0700. The van der Waals surface area contributed by atoms with Crippen molar-refractivity contribution < 1.29 is 5.11 Å². The molecule has 2 unspecified atom stereocenters. The van der Waals surface area contributed by atoms with E-state index in [-0.39, 0.29) is 12.6 Å². The summed E-state index contributed by atoms with van der Waals surface area (Å²) in [6.07, 6.45) is 1.20. The molecule has 1 aromatic carbocycles. The van der Waals surface area contributed by atoms with Crippen LogP contribution in [0.5, 0.6) is 0 Å². The van der Waals surface area contributed by atoms with Gasteiger partial charge < -0.3 is 10.4 Å². The number of aliphatic hydroxyl groups excluding tert-OH is 1. The van der Waals surface area contributed by atoms with Gasteiger partial charge in [0.1, 0.15) is 0 Å². The van der Waals surface area contributed by atoms with Crippen molar-refractivity contribution in [1.29, 1.82) is 0 Å². The van der Waals surface area contributed by atoms with E-state index in [1.807, 2.05) is 0 Å². The van der Waals surface area contributed by atoms with Crippen molar-refractivity contribution in [2.75, 3.05) is 19.7 Å². The Kier molecular flexibility index (Phi) is 5.58. The Morgan fingerprint density at radius 1 is 1.30 bits per heavy atom. The van der Waals surface area contributed by atoms with Gasteiger partial charge >= 0.3 is 0 Å². The molecule has 20 heavy (non-hydrogen) atoms. The van der Waals surface area contributed by atoms with Crippen LogP contribution < -0.4 is 5.32 Å². The number of nitrogens with one attached hydrogen (secondary N) is 1. The topological polar surface area (TPSA) is 35.5 Å². The molecule has 1 saturated heterocycles. The lowest BCUT2D eigenvalue weighted by Crippen LogP contribution is -2.57. The van der Waals surface area contributed by atoms with E-state index >= 15 is 0 Å². The van der Waals surface area contributed by atoms with Gasteiger partial charge in [0.2, 0.25) is 0 Å². The second-order valence-electron chi connectivity index (χ2n) is 6.49. The summed E-state index contributed by atoms with van der Waals surface area (Å²) in [7, 11) is 0. The zero-order chi connectivity index (χ0) is 14.5. The molecule has 1 fully saturated rings. The SMILES string of the molecule is Cc1ccc(CN2CC(CC(C)C)NCC2CO)cc1. The van der Waals surface area contributed by atoms with Crippen molar-refractivity contribution in [2.24, 2.45) is 5.92 Å². The highest BCUT2D eigenvalue weighted by Gasteiger charge is 2.27. The molecule has 1 heterocycles. The van der Waals surface area contributed by atoms with E-state index in [9.17, 15) is 5.11 Å². The molecule has 0 saturated carbocycles. The Morgan fingerprint density at radius 3 is 2.60 bits per heavy atom. The second kappa shape index (κ2) is 7.21. The zero-order valence-electron chi connectivity index (χ0n) is 13.0. The Labute approximate surface area is 123 Å². The van der Waals surface area contributed by atoms with Gasteiger partial charge in [0.05, 0.1) is 6.61 Å². The van der Waals surface area contributed by atoms with E-state index in [0.717, 1.165) is 19.6 Å². The van der Waals surface area contributed by atoms with Crippen LogP contribution in [0.3, 0.4) is 0 Å². The number of hydrogen-bond donors (Lipinski definition) is 2. The van der Waals surface area contributed by atoms with Crippen LogP contribution in [-0.4, -0.2) is 41.8 Å². The van der Waals surface area contributed by atoms with Crippen molar-refractivity contribution in [3.63, 3.8) is 0 Å². The van der Waals surface area contributed by atoms with E-state index in [0.29, 0.717) is 12.0 Å². The summed E-state index contributed by atoms with van der Waals surface area (Å²) in [5.41, 5.74) is 2.63. The summed E-state index contributed by atoms with van der Waals surface area (Å²) in [5.74, 6) is 0.708. The summed E-state index contributed by atoms with van der Waals surface area (Å²) in [6.45, 7) is 9.73. The van der Waals surface area contributed by atoms with Crippen LogP contribution in [0, 0.1) is 12.8 Å². The zero-order valence-corrected chi connectivity index (χ0v) is 13.0. The molecule has 0 radical (unpaired) electrons. The number of rotatable bonds is 5. The van der Waals surface area contributed by atoms with Crippen LogP contribution in [0.2, 0.25) is 0 Å². The van der Waals surface area contributed by atoms with E-state index in [1.54, 1.807) is 0 Å². The maximum Gasteiger partial charge on any atom is 0.0599 e. The first-order chi connectivity index (χ1) is 9.58. The molecule has 1 aromatic rings. The number of benzene rings is 1. The van der Waals surface area contributed by atoms with Gasteiger partial charge in [-0.25, -0.2) is 0 Å². The molecular weight excluding hydrogens is 248 g/mol. The van der Waals surface area contributed by atoms with Gasteiger partial charge in [0.25, 0.3) is 0 Å². The minimum Gasteiger partial charge on any atom is -0.395 e. The molecule has 0 amide bonds. The summed E-state index contributed by atoms with van der Waals surface area (Å²) in [5, 5.41) is 13.1. The first-order valence-corrected chi connectivity index (χ1v) is 7.72. The quantitative estimate of drug-likeness (QED) is 0.865. The van der Waals surface area contributed by atoms with Gasteiger partial charge in [0, 0.05) is 31.7 Å². The summed E-state index contributed by atoms with van der Waals surface area (Å²) < 4.78 is 0. The highest BCUT2D eigenvalue weighted by molar-refractivity contribution is 5.21. The molecular formula is C17H28N2O. The van der Waals surface area contributed by atoms with Crippen LogP contribution >= 0.6 is 0 Å². The largest absolute Gasteiger partial charge is 0.395 e. The Balaban J connectivity index is 1.99. The number of nitrogens with zero attached hydrogens (tertiary/aromatic N) is 1. The van der Waals surface area contributed by atoms with Gasteiger partial charge in [-0.05, 0) is 24.8 Å². The number of hydrogen-bond acceptors (Lipinski definition) is 3. The van der Waals surface area contributed by atoms with Crippen LogP contribution in [0.4, 0.5) is 0 Å². The van der Waals surface area contributed by atoms with E-state index in [2.05, 4.69) is 55.3 Å². The minimum absolute atomic E-state index is 0.229. The smallest absolute Gasteiger partial charge is 0.0599 e. The van der Waals surface area contributed by atoms with Crippen molar-refractivity contribution >= 4 is 0 Å². The first-order valence-electron chi connectivity index (χ1n) is 7.72. The fourth-order valence-corrected chi connectivity index (χ4v) is 2.96. The van der Waals surface area contributed by atoms with Crippen molar-refractivity contribution in [3.8, 4) is 0 Å². The standard InChI is InChI=1S/C17H28N2O/c1-13(2)8-16-11-19(17(12-20)9-18-16)10-15-6-4-14(3)5-7-15/h4-7,13,16-18,20H,8-12H2,1-3H3. The maximum atomic E-state index is 9.57. The highest BCUT2D eigenvalue weighted by Crippen LogP contribution is 2.16. The minimum atomic E-state index is 0.229. The van der Waals surface area contributed by atoms with Crippen molar-refractivity contribution in [1.82, 2.24) is 10.2 Å². The van der Waals surface area contributed by atoms with E-state index in [1.165, 1.54) is 17.5 Å². The molecule has 1 aliphatic heterocycles. The van der Waals surface area contributed by atoms with Crippen molar-refractivity contribution in [3.05, 3.63) is 35.4 Å². The lowest BCUT2D eigenvalue weighted by Gasteiger charge is -2.40. The molecule has 3 heteroatoms. The second-order valence-corrected chi connectivity index (χ2v) is 6.49. The molecule has 112 valence electrons. The summed E-state index contributed by atoms with van der Waals surface area (Å²) >= 11 is 0. The van der Waals surface area contributed by atoms with E-state index in [4.69, 9.17) is 0 Å². The Bertz CT molecular complexity index is 402. The third-order valence-corrected chi connectivity index (χ3v) is 4.09. The molecule has 0 aromatic heterocycles. The molecule has 2 atom stereocenters.